The molecule has 0 bridgehead atoms. The second-order valence-corrected chi connectivity index (χ2v) is 4.67. The number of hydrogen-bond acceptors (Lipinski definition) is 3. The van der Waals surface area contributed by atoms with Crippen LogP contribution >= 0.6 is 0 Å². The third-order valence-electron chi connectivity index (χ3n) is 3.04. The fourth-order valence-corrected chi connectivity index (χ4v) is 2.00. The molecule has 0 spiro atoms. The fraction of sp³-hybridized carbons (Fsp3) is 0.188. The minimum absolute atomic E-state index is 0.0780. The van der Waals surface area contributed by atoms with Crippen LogP contribution in [0.4, 0.5) is 0 Å². The molecule has 0 saturated heterocycles. The molecule has 0 atom stereocenters. The summed E-state index contributed by atoms with van der Waals surface area (Å²) in [5.74, 6) is -1.08. The van der Waals surface area contributed by atoms with Gasteiger partial charge in [0.1, 0.15) is 0 Å². The highest BCUT2D eigenvalue weighted by Crippen LogP contribution is 2.27. The van der Waals surface area contributed by atoms with Crippen LogP contribution in [-0.4, -0.2) is 22.7 Å². The van der Waals surface area contributed by atoms with Gasteiger partial charge in [0.15, 0.2) is 11.5 Å². The van der Waals surface area contributed by atoms with E-state index in [1.807, 2.05) is 25.1 Å². The quantitative estimate of drug-likeness (QED) is 0.748. The van der Waals surface area contributed by atoms with Crippen LogP contribution in [0.2, 0.25) is 0 Å². The van der Waals surface area contributed by atoms with Crippen molar-refractivity contribution < 1.29 is 15.0 Å². The predicted molar refractivity (Wildman–Crippen MR) is 77.0 cm³/mol. The lowest BCUT2D eigenvalue weighted by Crippen LogP contribution is -2.25. The van der Waals surface area contributed by atoms with Crippen LogP contribution in [0.3, 0.4) is 0 Å². The van der Waals surface area contributed by atoms with Gasteiger partial charge < -0.3 is 15.5 Å². The Hall–Kier alpha value is -2.49. The minimum atomic E-state index is -0.397. The van der Waals surface area contributed by atoms with Crippen LogP contribution in [0.5, 0.6) is 11.5 Å². The van der Waals surface area contributed by atoms with E-state index in [-0.39, 0.29) is 17.1 Å². The summed E-state index contributed by atoms with van der Waals surface area (Å²) in [5, 5.41) is 21.7. The van der Waals surface area contributed by atoms with Crippen molar-refractivity contribution in [1.29, 1.82) is 0 Å². The van der Waals surface area contributed by atoms with Gasteiger partial charge in [-0.3, -0.25) is 4.79 Å². The van der Waals surface area contributed by atoms with E-state index >= 15 is 0 Å². The highest BCUT2D eigenvalue weighted by molar-refractivity contribution is 5.97. The molecule has 0 aliphatic carbocycles. The third-order valence-corrected chi connectivity index (χ3v) is 3.04. The molecule has 20 heavy (non-hydrogen) atoms. The molecule has 2 aromatic carbocycles. The number of hydrogen-bond donors (Lipinski definition) is 3. The van der Waals surface area contributed by atoms with Crippen LogP contribution in [0.15, 0.2) is 42.5 Å². The molecule has 0 aliphatic rings. The predicted octanol–water partition coefficient (Wildman–Crippen LogP) is 2.38. The summed E-state index contributed by atoms with van der Waals surface area (Å²) in [4.78, 5) is 11.9. The average Bonchev–Trinajstić information content (AvgIpc) is 2.42. The smallest absolute Gasteiger partial charge is 0.255 e. The van der Waals surface area contributed by atoms with Crippen molar-refractivity contribution in [3.8, 4) is 11.5 Å². The molecule has 104 valence electrons. The van der Waals surface area contributed by atoms with Gasteiger partial charge in [-0.2, -0.15) is 0 Å². The van der Waals surface area contributed by atoms with Crippen LogP contribution in [0.25, 0.3) is 0 Å². The summed E-state index contributed by atoms with van der Waals surface area (Å²) < 4.78 is 0. The summed E-state index contributed by atoms with van der Waals surface area (Å²) in [6, 6.07) is 12.4. The fourth-order valence-electron chi connectivity index (χ4n) is 2.00. The van der Waals surface area contributed by atoms with Gasteiger partial charge in [0.2, 0.25) is 0 Å². The molecule has 0 heterocycles. The minimum Gasteiger partial charge on any atom is -0.504 e. The van der Waals surface area contributed by atoms with Gasteiger partial charge in [0.25, 0.3) is 5.91 Å². The van der Waals surface area contributed by atoms with Crippen molar-refractivity contribution in [2.75, 3.05) is 6.54 Å². The first-order chi connectivity index (χ1) is 9.58. The molecule has 0 aliphatic heterocycles. The van der Waals surface area contributed by atoms with Gasteiger partial charge in [-0.25, -0.2) is 0 Å². The van der Waals surface area contributed by atoms with Crippen LogP contribution < -0.4 is 5.32 Å². The Kier molecular flexibility index (Phi) is 4.25. The molecule has 0 unspecified atom stereocenters. The number of aromatic hydroxyl groups is 2. The lowest BCUT2D eigenvalue weighted by molar-refractivity contribution is 0.0951. The topological polar surface area (TPSA) is 69.6 Å². The van der Waals surface area contributed by atoms with E-state index in [1.54, 1.807) is 0 Å². The van der Waals surface area contributed by atoms with Gasteiger partial charge in [-0.1, -0.05) is 35.9 Å². The number of carbonyl (C=O) groups is 1. The van der Waals surface area contributed by atoms with E-state index in [2.05, 4.69) is 11.4 Å². The van der Waals surface area contributed by atoms with Crippen molar-refractivity contribution in [3.05, 3.63) is 59.2 Å². The molecule has 1 amide bonds. The Morgan fingerprint density at radius 1 is 1.15 bits per heavy atom. The zero-order valence-electron chi connectivity index (χ0n) is 11.3. The first kappa shape index (κ1) is 13.9. The molecule has 4 nitrogen and oxygen atoms in total. The number of carbonyl (C=O) groups excluding carboxylic acids is 1. The van der Waals surface area contributed by atoms with Gasteiger partial charge in [0.05, 0.1) is 5.56 Å². The maximum absolute atomic E-state index is 11.9. The first-order valence-corrected chi connectivity index (χ1v) is 6.42. The number of benzene rings is 2. The first-order valence-electron chi connectivity index (χ1n) is 6.42. The van der Waals surface area contributed by atoms with Crippen molar-refractivity contribution in [1.82, 2.24) is 5.32 Å². The van der Waals surface area contributed by atoms with Gasteiger partial charge >= 0.3 is 0 Å². The zero-order valence-corrected chi connectivity index (χ0v) is 11.3. The van der Waals surface area contributed by atoms with Gasteiger partial charge in [0, 0.05) is 6.54 Å². The lowest BCUT2D eigenvalue weighted by atomic mass is 10.1. The molecule has 0 radical (unpaired) electrons. The van der Waals surface area contributed by atoms with Crippen molar-refractivity contribution in [2.45, 2.75) is 13.3 Å². The Morgan fingerprint density at radius 3 is 2.65 bits per heavy atom. The molecule has 4 heteroatoms. The Bertz CT molecular complexity index is 623. The summed E-state index contributed by atoms with van der Waals surface area (Å²) >= 11 is 0. The third kappa shape index (κ3) is 3.29. The van der Waals surface area contributed by atoms with E-state index in [1.165, 1.54) is 23.8 Å². The summed E-state index contributed by atoms with van der Waals surface area (Å²) in [6.07, 6.45) is 0.715. The standard InChI is InChI=1S/C16H17NO3/c1-11-4-2-5-12(10-11)8-9-17-16(20)13-6-3-7-14(18)15(13)19/h2-7,10,18-19H,8-9H2,1H3,(H,17,20). The number of nitrogens with one attached hydrogen (secondary N) is 1. The number of para-hydroxylation sites is 1. The molecule has 2 aromatic rings. The van der Waals surface area contributed by atoms with E-state index in [9.17, 15) is 15.0 Å². The normalized spacial score (nSPS) is 10.2. The number of amides is 1. The van der Waals surface area contributed by atoms with E-state index in [4.69, 9.17) is 0 Å². The number of phenols is 2. The van der Waals surface area contributed by atoms with E-state index in [0.29, 0.717) is 13.0 Å². The molecule has 3 N–H and O–H groups in total. The van der Waals surface area contributed by atoms with Crippen LogP contribution in [-0.2, 0) is 6.42 Å². The molecular weight excluding hydrogens is 254 g/mol. The maximum atomic E-state index is 11.9. The van der Waals surface area contributed by atoms with E-state index < -0.39 is 5.91 Å². The Labute approximate surface area is 117 Å². The molecule has 0 aromatic heterocycles. The Balaban J connectivity index is 1.94. The maximum Gasteiger partial charge on any atom is 0.255 e. The summed E-state index contributed by atoms with van der Waals surface area (Å²) in [6.45, 7) is 2.49. The monoisotopic (exact) mass is 271 g/mol. The van der Waals surface area contributed by atoms with E-state index in [0.717, 1.165) is 5.56 Å². The second-order valence-electron chi connectivity index (χ2n) is 4.67. The summed E-state index contributed by atoms with van der Waals surface area (Å²) in [7, 11) is 0. The van der Waals surface area contributed by atoms with Crippen molar-refractivity contribution in [2.24, 2.45) is 0 Å². The Morgan fingerprint density at radius 2 is 1.90 bits per heavy atom. The highest BCUT2D eigenvalue weighted by atomic mass is 16.3. The highest BCUT2D eigenvalue weighted by Gasteiger charge is 2.13. The molecule has 0 fully saturated rings. The average molecular weight is 271 g/mol. The van der Waals surface area contributed by atoms with Crippen LogP contribution in [0.1, 0.15) is 21.5 Å². The lowest BCUT2D eigenvalue weighted by Gasteiger charge is -2.08. The second kappa shape index (κ2) is 6.10. The van der Waals surface area contributed by atoms with Gasteiger partial charge in [-0.15, -0.1) is 0 Å². The molecular formula is C16H17NO3. The molecule has 0 saturated carbocycles. The number of aryl methyl sites for hydroxylation is 1. The largest absolute Gasteiger partial charge is 0.504 e. The summed E-state index contributed by atoms with van der Waals surface area (Å²) in [5.41, 5.74) is 2.40. The SMILES string of the molecule is Cc1cccc(CCNC(=O)c2cccc(O)c2O)c1. The number of phenolic OH excluding ortho intramolecular Hbond substituents is 2. The van der Waals surface area contributed by atoms with Crippen LogP contribution in [0, 0.1) is 6.92 Å². The van der Waals surface area contributed by atoms with Gasteiger partial charge in [-0.05, 0) is 31.0 Å². The number of rotatable bonds is 4. The van der Waals surface area contributed by atoms with Crippen molar-refractivity contribution in [3.63, 3.8) is 0 Å². The zero-order chi connectivity index (χ0) is 14.5. The van der Waals surface area contributed by atoms with Crippen molar-refractivity contribution >= 4 is 5.91 Å². The molecule has 2 rings (SSSR count).